The van der Waals surface area contributed by atoms with Gasteiger partial charge >= 0.3 is 0 Å². The van der Waals surface area contributed by atoms with E-state index < -0.39 is 0 Å². The first kappa shape index (κ1) is 103. The maximum Gasteiger partial charge on any atom is 0.0433 e. The van der Waals surface area contributed by atoms with Gasteiger partial charge in [0.05, 0.1) is 0 Å². The summed E-state index contributed by atoms with van der Waals surface area (Å²) in [4.78, 5) is 5.05. The number of para-hydroxylation sites is 2. The SMILES string of the molecule is C.C.CC.CC.CC.CC.CC.CC.CC.CC.CC.CCN1c2ccccc2[C@@H](C)[C@H]1C.CCc1cc(C)cc(CC)c1.CCc1cc(C)cc(CN2c3ccccc3[C@H](C)[C@@H]2C)c1.c1ccc2c(c1)Cc1ccccc1-2.c1ccc2c(c1)Cc1ccccc1-2.c1ccc2c(c1)Cc1ccccc1-2.c1ccccc1. The molecular weight excluding hydrogens is 1330 g/mol. The van der Waals surface area contributed by atoms with E-state index in [2.05, 4.69) is 310 Å². The van der Waals surface area contributed by atoms with Gasteiger partial charge in [-0.15, -0.1) is 0 Å². The third-order valence-corrected chi connectivity index (χ3v) is 19.0. The Morgan fingerprint density at radius 3 is 0.718 bits per heavy atom. The zero-order valence-corrected chi connectivity index (χ0v) is 73.3. The fourth-order valence-electron chi connectivity index (χ4n) is 13.9. The van der Waals surface area contributed by atoms with Crippen molar-refractivity contribution in [1.82, 2.24) is 0 Å². The van der Waals surface area contributed by atoms with Crippen LogP contribution in [0.25, 0.3) is 33.4 Å². The predicted molar refractivity (Wildman–Crippen MR) is 504 cm³/mol. The monoisotopic (exact) mass is 1480 g/mol. The molecule has 0 saturated heterocycles. The van der Waals surface area contributed by atoms with Crippen LogP contribution in [0.3, 0.4) is 0 Å². The molecule has 4 atom stereocenters. The summed E-state index contributed by atoms with van der Waals surface area (Å²) in [5.41, 5.74) is 31.7. The van der Waals surface area contributed by atoms with E-state index in [1.807, 2.05) is 161 Å². The standard InChI is InChI=1S/C20H25N.3C13H10.C12H17N.C11H16.C6H6.9C2H6.2CH4/c1-5-17-10-14(2)11-18(12-17)13-21-16(4)15(3)19-8-6-7-9-20(19)21;3*1-3-7-12-10(5-1)9-11-6-2-4-8-13(11)12;1-4-13-10(3)9(2)11-7-5-6-8-12(11)13;1-4-10-6-9(3)7-11(5-2)8-10;1-2-4-6-5-3-1;9*1-2;;/h6-12,15-16H,5,13H2,1-4H3;3*1-8H,9H2;5-10H,4H2,1-3H3;6-8H,4-5H2,1-3H3;1-6H;9*1-2H3;2*1H4/t15-,16+;;;;9-,10+;;;;;;;;;;;;;/m1...0............./s1. The molecule has 2 heterocycles. The summed E-state index contributed by atoms with van der Waals surface area (Å²) < 4.78 is 0. The number of hydrogen-bond donors (Lipinski definition) is 0. The lowest BCUT2D eigenvalue weighted by Gasteiger charge is -2.27. The Hall–Kier alpha value is -8.98. The lowest BCUT2D eigenvalue weighted by atomic mass is 9.98. The number of rotatable bonds is 6. The molecule has 0 bridgehead atoms. The molecule has 0 saturated carbocycles. The first-order chi connectivity index (χ1) is 53.0. The minimum atomic E-state index is 0. The van der Waals surface area contributed by atoms with Crippen LogP contribution in [0.2, 0.25) is 0 Å². The molecule has 0 fully saturated rings. The molecule has 2 nitrogen and oxygen atoms in total. The largest absolute Gasteiger partial charge is 0.368 e. The molecule has 2 heteroatoms. The fraction of sp³-hybridized carbons (Fsp3) is 0.389. The first-order valence-corrected chi connectivity index (χ1v) is 42.3. The van der Waals surface area contributed by atoms with Crippen LogP contribution >= 0.6 is 0 Å². The summed E-state index contributed by atoms with van der Waals surface area (Å²) >= 11 is 0. The Morgan fingerprint density at radius 2 is 0.464 bits per heavy atom. The molecule has 5 aliphatic rings. The van der Waals surface area contributed by atoms with Crippen LogP contribution in [0.1, 0.15) is 285 Å². The van der Waals surface area contributed by atoms with Gasteiger partial charge in [-0.3, -0.25) is 0 Å². The molecule has 0 N–H and O–H groups in total. The third kappa shape index (κ3) is 30.4. The molecule has 0 spiro atoms. The number of likely N-dealkylation sites (N-methyl/N-ethyl adjacent to an activating group) is 1. The molecule has 0 radical (unpaired) electrons. The van der Waals surface area contributed by atoms with E-state index in [1.54, 1.807) is 0 Å². The molecular formula is C108H156N2. The van der Waals surface area contributed by atoms with Gasteiger partial charge in [0.15, 0.2) is 0 Å². The molecule has 0 amide bonds. The summed E-state index contributed by atoms with van der Waals surface area (Å²) in [6, 6.07) is 96.6. The summed E-state index contributed by atoms with van der Waals surface area (Å²) in [5.74, 6) is 1.29. The average molecular weight is 1480 g/mol. The van der Waals surface area contributed by atoms with Gasteiger partial charge in [0.2, 0.25) is 0 Å². The Balaban J connectivity index is 0. The van der Waals surface area contributed by atoms with Gasteiger partial charge < -0.3 is 9.80 Å². The maximum absolute atomic E-state index is 2.56. The quantitative estimate of drug-likeness (QED) is 0.164. The second-order valence-electron chi connectivity index (χ2n) is 24.9. The molecule has 11 aromatic rings. The van der Waals surface area contributed by atoms with Crippen LogP contribution in [0.4, 0.5) is 11.4 Å². The van der Waals surface area contributed by atoms with Crippen molar-refractivity contribution in [2.75, 3.05) is 16.3 Å². The van der Waals surface area contributed by atoms with Crippen LogP contribution in [0.15, 0.2) is 267 Å². The van der Waals surface area contributed by atoms with Crippen LogP contribution in [0.5, 0.6) is 0 Å². The molecule has 0 unspecified atom stereocenters. The van der Waals surface area contributed by atoms with Gasteiger partial charge in [0.1, 0.15) is 0 Å². The summed E-state index contributed by atoms with van der Waals surface area (Å²) in [5, 5.41) is 0. The minimum Gasteiger partial charge on any atom is -0.368 e. The molecule has 3 aliphatic carbocycles. The first-order valence-electron chi connectivity index (χ1n) is 42.3. The Bertz CT molecular complexity index is 3700. The normalized spacial score (nSPS) is 13.3. The molecule has 16 rings (SSSR count). The van der Waals surface area contributed by atoms with Crippen molar-refractivity contribution in [3.05, 3.63) is 345 Å². The summed E-state index contributed by atoms with van der Waals surface area (Å²) in [6.07, 6.45) is 6.71. The zero-order valence-electron chi connectivity index (χ0n) is 73.3. The molecule has 11 aromatic carbocycles. The molecule has 2 aliphatic heterocycles. The van der Waals surface area contributed by atoms with Crippen molar-refractivity contribution in [1.29, 1.82) is 0 Å². The van der Waals surface area contributed by atoms with Gasteiger partial charge in [-0.1, -0.05) is 440 Å². The van der Waals surface area contributed by atoms with E-state index in [4.69, 9.17) is 0 Å². The smallest absolute Gasteiger partial charge is 0.0433 e. The van der Waals surface area contributed by atoms with E-state index in [-0.39, 0.29) is 14.9 Å². The topological polar surface area (TPSA) is 6.48 Å². The van der Waals surface area contributed by atoms with Gasteiger partial charge in [-0.05, 0) is 185 Å². The van der Waals surface area contributed by atoms with Crippen molar-refractivity contribution in [3.8, 4) is 33.4 Å². The van der Waals surface area contributed by atoms with E-state index >= 15 is 0 Å². The van der Waals surface area contributed by atoms with Crippen LogP contribution in [-0.4, -0.2) is 18.6 Å². The summed E-state index contributed by atoms with van der Waals surface area (Å²) in [6.45, 7) is 60.7. The van der Waals surface area contributed by atoms with Gasteiger partial charge in [0, 0.05) is 48.4 Å². The van der Waals surface area contributed by atoms with E-state index in [0.717, 1.165) is 51.6 Å². The minimum absolute atomic E-state index is 0. The highest BCUT2D eigenvalue weighted by atomic mass is 15.2. The van der Waals surface area contributed by atoms with Crippen molar-refractivity contribution < 1.29 is 0 Å². The fourth-order valence-corrected chi connectivity index (χ4v) is 13.9. The van der Waals surface area contributed by atoms with Crippen molar-refractivity contribution in [3.63, 3.8) is 0 Å². The van der Waals surface area contributed by atoms with Gasteiger partial charge in [-0.2, -0.15) is 0 Å². The highest BCUT2D eigenvalue weighted by Gasteiger charge is 2.33. The van der Waals surface area contributed by atoms with Crippen LogP contribution in [0, 0.1) is 13.8 Å². The van der Waals surface area contributed by atoms with E-state index in [9.17, 15) is 0 Å². The average Bonchev–Trinajstić information content (AvgIpc) is 1.66. The number of nitrogens with zero attached hydrogens (tertiary/aromatic N) is 2. The number of hydrogen-bond acceptors (Lipinski definition) is 2. The van der Waals surface area contributed by atoms with Crippen LogP contribution < -0.4 is 9.80 Å². The Labute approximate surface area is 679 Å². The zero-order chi connectivity index (χ0) is 80.9. The van der Waals surface area contributed by atoms with E-state index in [0.29, 0.717) is 23.9 Å². The lowest BCUT2D eigenvalue weighted by molar-refractivity contribution is 0.591. The van der Waals surface area contributed by atoms with Gasteiger partial charge in [0.25, 0.3) is 0 Å². The third-order valence-electron chi connectivity index (χ3n) is 19.0. The molecule has 598 valence electrons. The van der Waals surface area contributed by atoms with Crippen molar-refractivity contribution in [2.24, 2.45) is 0 Å². The highest BCUT2D eigenvalue weighted by Crippen LogP contribution is 2.43. The van der Waals surface area contributed by atoms with Crippen LogP contribution in [-0.2, 0) is 45.1 Å². The van der Waals surface area contributed by atoms with Crippen molar-refractivity contribution >= 4 is 11.4 Å². The second-order valence-corrected chi connectivity index (χ2v) is 24.9. The van der Waals surface area contributed by atoms with Gasteiger partial charge in [-0.25, -0.2) is 0 Å². The number of anilines is 2. The highest BCUT2D eigenvalue weighted by molar-refractivity contribution is 5.78. The number of aryl methyl sites for hydroxylation is 5. The maximum atomic E-state index is 2.56. The van der Waals surface area contributed by atoms with E-state index in [1.165, 1.54) is 123 Å². The summed E-state index contributed by atoms with van der Waals surface area (Å²) in [7, 11) is 0. The second kappa shape index (κ2) is 60.8. The van der Waals surface area contributed by atoms with Crippen molar-refractivity contribution in [2.45, 2.75) is 278 Å². The Kier molecular flexibility index (Phi) is 57.0. The number of fused-ring (bicyclic) bond motifs is 11. The molecule has 110 heavy (non-hydrogen) atoms. The number of benzene rings is 11. The lowest BCUT2D eigenvalue weighted by Crippen LogP contribution is -2.30. The predicted octanol–water partition coefficient (Wildman–Crippen LogP) is 33.2. The Morgan fingerprint density at radius 1 is 0.255 bits per heavy atom. The molecule has 0 aromatic heterocycles.